The van der Waals surface area contributed by atoms with Crippen LogP contribution in [0.25, 0.3) is 11.3 Å². The first-order chi connectivity index (χ1) is 14.9. The smallest absolute Gasteiger partial charge is 0.267 e. The van der Waals surface area contributed by atoms with Crippen molar-refractivity contribution in [3.8, 4) is 22.8 Å². The second-order valence-electron chi connectivity index (χ2n) is 7.73. The van der Waals surface area contributed by atoms with E-state index < -0.39 is 5.56 Å². The van der Waals surface area contributed by atoms with Gasteiger partial charge in [-0.05, 0) is 25.0 Å². The zero-order chi connectivity index (χ0) is 22.0. The van der Waals surface area contributed by atoms with Crippen LogP contribution in [0.1, 0.15) is 31.2 Å². The van der Waals surface area contributed by atoms with Gasteiger partial charge >= 0.3 is 0 Å². The van der Waals surface area contributed by atoms with Gasteiger partial charge in [-0.2, -0.15) is 5.10 Å². The maximum absolute atomic E-state index is 12.6. The Bertz CT molecular complexity index is 1150. The lowest BCUT2D eigenvalue weighted by atomic mass is 10.0. The van der Waals surface area contributed by atoms with E-state index in [4.69, 9.17) is 14.0 Å². The average molecular weight is 424 g/mol. The third-order valence-electron chi connectivity index (χ3n) is 4.85. The van der Waals surface area contributed by atoms with Crippen molar-refractivity contribution in [3.05, 3.63) is 58.1 Å². The number of hydrogen-bond donors (Lipinski definition) is 1. The van der Waals surface area contributed by atoms with E-state index in [1.54, 1.807) is 13.0 Å². The number of aromatic nitrogens is 3. The quantitative estimate of drug-likeness (QED) is 0.647. The molecule has 1 aliphatic heterocycles. The first-order valence-corrected chi connectivity index (χ1v) is 10.1. The SMILES string of the molecule is Cc1cc(-c2cc(=O)n(CC(=O)NC[C@@H]3COc4ccccc4O3)nc2C(C)C)on1. The Labute approximate surface area is 179 Å². The number of hydrogen-bond acceptors (Lipinski definition) is 7. The van der Waals surface area contributed by atoms with Crippen LogP contribution in [-0.2, 0) is 11.3 Å². The second kappa shape index (κ2) is 8.63. The molecule has 1 atom stereocenters. The molecular weight excluding hydrogens is 400 g/mol. The molecule has 1 amide bonds. The molecule has 0 spiro atoms. The maximum atomic E-state index is 12.6. The summed E-state index contributed by atoms with van der Waals surface area (Å²) in [5.74, 6) is 1.49. The van der Waals surface area contributed by atoms with Crippen LogP contribution in [0.4, 0.5) is 0 Å². The molecule has 3 heterocycles. The van der Waals surface area contributed by atoms with Crippen molar-refractivity contribution in [2.24, 2.45) is 0 Å². The van der Waals surface area contributed by atoms with E-state index in [0.717, 1.165) is 4.68 Å². The third-order valence-corrected chi connectivity index (χ3v) is 4.85. The van der Waals surface area contributed by atoms with Crippen molar-refractivity contribution in [2.45, 2.75) is 39.3 Å². The van der Waals surface area contributed by atoms with Crippen molar-refractivity contribution in [2.75, 3.05) is 13.2 Å². The molecule has 1 aliphatic rings. The highest BCUT2D eigenvalue weighted by Gasteiger charge is 2.22. The summed E-state index contributed by atoms with van der Waals surface area (Å²) in [4.78, 5) is 25.0. The van der Waals surface area contributed by atoms with Crippen LogP contribution in [0.5, 0.6) is 11.5 Å². The first-order valence-electron chi connectivity index (χ1n) is 10.1. The number of fused-ring (bicyclic) bond motifs is 1. The summed E-state index contributed by atoms with van der Waals surface area (Å²) in [6.07, 6.45) is -0.313. The number of carbonyl (C=O) groups excluding carboxylic acids is 1. The summed E-state index contributed by atoms with van der Waals surface area (Å²) in [5, 5.41) is 11.1. The monoisotopic (exact) mass is 424 g/mol. The van der Waals surface area contributed by atoms with Gasteiger partial charge in [0.2, 0.25) is 5.91 Å². The summed E-state index contributed by atoms with van der Waals surface area (Å²) in [6, 6.07) is 10.6. The summed E-state index contributed by atoms with van der Waals surface area (Å²) >= 11 is 0. The molecule has 4 rings (SSSR count). The van der Waals surface area contributed by atoms with Crippen LogP contribution >= 0.6 is 0 Å². The molecule has 2 aromatic heterocycles. The molecular formula is C22H24N4O5. The van der Waals surface area contributed by atoms with Gasteiger partial charge in [-0.15, -0.1) is 0 Å². The highest BCUT2D eigenvalue weighted by molar-refractivity contribution is 5.75. The number of para-hydroxylation sites is 2. The number of nitrogens with zero attached hydrogens (tertiary/aromatic N) is 3. The summed E-state index contributed by atoms with van der Waals surface area (Å²) in [5.41, 5.74) is 1.56. The highest BCUT2D eigenvalue weighted by Crippen LogP contribution is 2.30. The predicted molar refractivity (Wildman–Crippen MR) is 112 cm³/mol. The molecule has 1 N–H and O–H groups in total. The van der Waals surface area contributed by atoms with Gasteiger partial charge in [0.15, 0.2) is 17.3 Å². The lowest BCUT2D eigenvalue weighted by Gasteiger charge is -2.26. The van der Waals surface area contributed by atoms with E-state index in [2.05, 4.69) is 15.6 Å². The number of carbonyl (C=O) groups is 1. The predicted octanol–water partition coefficient (Wildman–Crippen LogP) is 2.29. The fourth-order valence-electron chi connectivity index (χ4n) is 3.32. The minimum Gasteiger partial charge on any atom is -0.486 e. The number of amides is 1. The fraction of sp³-hybridized carbons (Fsp3) is 0.364. The van der Waals surface area contributed by atoms with Gasteiger partial charge in [-0.1, -0.05) is 31.1 Å². The second-order valence-corrected chi connectivity index (χ2v) is 7.73. The zero-order valence-electron chi connectivity index (χ0n) is 17.6. The van der Waals surface area contributed by atoms with Crippen LogP contribution in [-0.4, -0.2) is 40.1 Å². The molecule has 9 nitrogen and oxygen atoms in total. The van der Waals surface area contributed by atoms with Crippen molar-refractivity contribution in [1.82, 2.24) is 20.3 Å². The third kappa shape index (κ3) is 4.60. The van der Waals surface area contributed by atoms with E-state index in [0.29, 0.717) is 40.8 Å². The van der Waals surface area contributed by atoms with Crippen LogP contribution in [0, 0.1) is 6.92 Å². The Balaban J connectivity index is 1.43. The minimum absolute atomic E-state index is 0.0168. The number of ether oxygens (including phenoxy) is 2. The van der Waals surface area contributed by atoms with Crippen molar-refractivity contribution >= 4 is 5.91 Å². The molecule has 9 heteroatoms. The van der Waals surface area contributed by atoms with Crippen molar-refractivity contribution < 1.29 is 18.8 Å². The number of rotatable bonds is 6. The number of benzene rings is 1. The molecule has 3 aromatic rings. The van der Waals surface area contributed by atoms with E-state index in [9.17, 15) is 9.59 Å². The molecule has 0 saturated heterocycles. The largest absolute Gasteiger partial charge is 0.486 e. The molecule has 0 unspecified atom stereocenters. The average Bonchev–Trinajstić information content (AvgIpc) is 3.19. The number of nitrogens with one attached hydrogen (secondary N) is 1. The minimum atomic E-state index is -0.394. The zero-order valence-corrected chi connectivity index (χ0v) is 17.6. The topological polar surface area (TPSA) is 108 Å². The molecule has 1 aromatic carbocycles. The van der Waals surface area contributed by atoms with Gasteiger partial charge in [0.25, 0.3) is 5.56 Å². The van der Waals surface area contributed by atoms with Gasteiger partial charge in [-0.3, -0.25) is 9.59 Å². The Morgan fingerprint density at radius 1 is 1.26 bits per heavy atom. The summed E-state index contributed by atoms with van der Waals surface area (Å²) in [6.45, 7) is 6.12. The summed E-state index contributed by atoms with van der Waals surface area (Å²) < 4.78 is 17.9. The molecule has 162 valence electrons. The normalized spacial score (nSPS) is 15.2. The van der Waals surface area contributed by atoms with Crippen molar-refractivity contribution in [3.63, 3.8) is 0 Å². The number of aryl methyl sites for hydroxylation is 1. The molecule has 0 fully saturated rings. The Hall–Kier alpha value is -3.62. The van der Waals surface area contributed by atoms with Crippen LogP contribution in [0.3, 0.4) is 0 Å². The Morgan fingerprint density at radius 2 is 2.03 bits per heavy atom. The van der Waals surface area contributed by atoms with Gasteiger partial charge in [0, 0.05) is 17.7 Å². The molecule has 0 saturated carbocycles. The lowest BCUT2D eigenvalue weighted by Crippen LogP contribution is -2.42. The summed E-state index contributed by atoms with van der Waals surface area (Å²) in [7, 11) is 0. The molecule has 31 heavy (non-hydrogen) atoms. The molecule has 0 radical (unpaired) electrons. The van der Waals surface area contributed by atoms with Crippen LogP contribution in [0.15, 0.2) is 45.7 Å². The molecule has 0 aliphatic carbocycles. The maximum Gasteiger partial charge on any atom is 0.267 e. The fourth-order valence-corrected chi connectivity index (χ4v) is 3.32. The van der Waals surface area contributed by atoms with E-state index in [1.165, 1.54) is 6.07 Å². The van der Waals surface area contributed by atoms with Gasteiger partial charge in [-0.25, -0.2) is 4.68 Å². The Kier molecular flexibility index (Phi) is 5.75. The Morgan fingerprint density at radius 3 is 2.74 bits per heavy atom. The highest BCUT2D eigenvalue weighted by atomic mass is 16.6. The van der Waals surface area contributed by atoms with Gasteiger partial charge in [0.05, 0.1) is 17.9 Å². The lowest BCUT2D eigenvalue weighted by molar-refractivity contribution is -0.122. The van der Waals surface area contributed by atoms with Crippen LogP contribution < -0.4 is 20.3 Å². The van der Waals surface area contributed by atoms with Crippen LogP contribution in [0.2, 0.25) is 0 Å². The molecule has 0 bridgehead atoms. The van der Waals surface area contributed by atoms with Gasteiger partial charge < -0.3 is 19.3 Å². The first kappa shape index (κ1) is 20.6. The van der Waals surface area contributed by atoms with E-state index >= 15 is 0 Å². The van der Waals surface area contributed by atoms with Gasteiger partial charge in [0.1, 0.15) is 19.3 Å². The van der Waals surface area contributed by atoms with E-state index in [-0.39, 0.29) is 31.0 Å². The van der Waals surface area contributed by atoms with Crippen molar-refractivity contribution in [1.29, 1.82) is 0 Å². The van der Waals surface area contributed by atoms with E-state index in [1.807, 2.05) is 38.1 Å². The standard InChI is InChI=1S/C22H24N4O5/c1-13(2)22-16(19-8-14(3)25-31-19)9-21(28)26(24-22)11-20(27)23-10-15-12-29-17-6-4-5-7-18(17)30-15/h4-9,13,15H,10-12H2,1-3H3,(H,23,27)/t15-/m1/s1.